The molecule has 4 atom stereocenters. The molecule has 6 N–H and O–H groups in total. The summed E-state index contributed by atoms with van der Waals surface area (Å²) in [5, 5.41) is 43.2. The van der Waals surface area contributed by atoms with Crippen LogP contribution in [-0.4, -0.2) is 157 Å². The lowest BCUT2D eigenvalue weighted by atomic mass is 9.76. The Kier molecular flexibility index (Phi) is 26.8. The van der Waals surface area contributed by atoms with E-state index in [0.29, 0.717) is 122 Å². The third kappa shape index (κ3) is 19.4. The van der Waals surface area contributed by atoms with Gasteiger partial charge < -0.3 is 59.6 Å². The van der Waals surface area contributed by atoms with Gasteiger partial charge in [0, 0.05) is 44.5 Å². The van der Waals surface area contributed by atoms with Crippen LogP contribution in [0.2, 0.25) is 0 Å². The van der Waals surface area contributed by atoms with Crippen molar-refractivity contribution in [2.75, 3.05) is 66.2 Å². The summed E-state index contributed by atoms with van der Waals surface area (Å²) in [4.78, 5) is 98.2. The van der Waals surface area contributed by atoms with Crippen molar-refractivity contribution in [3.8, 4) is 5.75 Å². The van der Waals surface area contributed by atoms with E-state index in [1.54, 1.807) is 21.1 Å². The van der Waals surface area contributed by atoms with Crippen molar-refractivity contribution in [1.29, 1.82) is 0 Å². The van der Waals surface area contributed by atoms with E-state index in [1.165, 1.54) is 16.0 Å². The zero-order chi connectivity index (χ0) is 57.5. The normalized spacial score (nSPS) is 24.0. The van der Waals surface area contributed by atoms with E-state index in [-0.39, 0.29) is 73.2 Å². The Labute approximate surface area is 470 Å². The Balaban J connectivity index is 0.000000240. The third-order valence-corrected chi connectivity index (χ3v) is 17.7. The lowest BCUT2D eigenvalue weighted by Crippen LogP contribution is -2.47. The highest BCUT2D eigenvalue weighted by atomic mass is 32.1. The van der Waals surface area contributed by atoms with Gasteiger partial charge >= 0.3 is 29.8 Å². The van der Waals surface area contributed by atoms with Gasteiger partial charge in [-0.05, 0) is 145 Å². The molecule has 5 fully saturated rings. The number of esters is 1. The van der Waals surface area contributed by atoms with E-state index in [2.05, 4.69) is 23.3 Å². The minimum atomic E-state index is -0.946. The molecule has 1 heterocycles. The summed E-state index contributed by atoms with van der Waals surface area (Å²) in [6.45, 7) is 4.09. The number of rotatable bonds is 26. The van der Waals surface area contributed by atoms with Crippen LogP contribution in [-0.2, 0) is 70.1 Å². The minimum Gasteiger partial charge on any atom is -0.481 e. The molecule has 1 aliphatic heterocycles. The second-order valence-electron chi connectivity index (χ2n) is 22.8. The molecule has 0 bridgehead atoms. The number of ether oxygens (including phenoxy) is 5. The van der Waals surface area contributed by atoms with Crippen LogP contribution in [0.5, 0.6) is 5.75 Å². The van der Waals surface area contributed by atoms with Crippen molar-refractivity contribution in [1.82, 2.24) is 15.5 Å². The molecule has 1 aromatic carbocycles. The molecule has 1 saturated heterocycles. The van der Waals surface area contributed by atoms with Crippen LogP contribution in [0.4, 0.5) is 0 Å². The smallest absolute Gasteiger partial charge is 0.326 e. The average Bonchev–Trinajstić information content (AvgIpc) is 4.32. The summed E-state index contributed by atoms with van der Waals surface area (Å²) in [6, 6.07) is 5.20. The molecule has 7 rings (SSSR count). The highest BCUT2D eigenvalue weighted by Gasteiger charge is 2.47. The predicted octanol–water partition coefficient (Wildman–Crippen LogP) is 6.76. The van der Waals surface area contributed by atoms with Gasteiger partial charge in [-0.15, -0.1) is 0 Å². The fourth-order valence-corrected chi connectivity index (χ4v) is 12.5. The van der Waals surface area contributed by atoms with Crippen molar-refractivity contribution in [2.45, 2.75) is 173 Å². The number of aliphatic carboxylic acids is 4. The van der Waals surface area contributed by atoms with Gasteiger partial charge in [-0.3, -0.25) is 33.6 Å². The topological polar surface area (TPSA) is 291 Å². The standard InChI is InChI=1S/C29H41NO7.C20H33NO7.C9H15NO3S/c1-35-15-16-36-19-23(27(33)37-25-12-9-20-5-4-6-22(20)17-25)18-29(13-2-3-14-29)28(34)30-24-10-7-21(8-11-24)26(31)32;1-27-10-11-28-13-15(18(24)25)12-20(8-2-3-9-20)19(26)21-16-6-4-14(5-7-16)17(22)23;1-6(5-14)8(11)10-4-2-3-7(10)9(12)13/h9,12,17,21,23-24H,2-8,10-11,13-16,18-19H2,1H3,(H,30,34)(H,31,32);14-16H,2-13H2,1H3,(H,21,26)(H,22,23)(H,24,25);6-7,14H,2-5H2,1H3,(H,12,13)/t21?,23-,24?;14?,15-,16?;6-,7+/m001/s1. The maximum absolute atomic E-state index is 13.6. The first kappa shape index (κ1) is 65.0. The monoisotopic (exact) mass is 1130 g/mol. The highest BCUT2D eigenvalue weighted by molar-refractivity contribution is 7.80. The molecule has 20 nitrogen and oxygen atoms in total. The van der Waals surface area contributed by atoms with Crippen LogP contribution < -0.4 is 15.4 Å². The van der Waals surface area contributed by atoms with Crippen LogP contribution in [0, 0.1) is 40.4 Å². The van der Waals surface area contributed by atoms with Crippen LogP contribution in [0.3, 0.4) is 0 Å². The highest BCUT2D eigenvalue weighted by Crippen LogP contribution is 2.46. The van der Waals surface area contributed by atoms with Crippen LogP contribution in [0.25, 0.3) is 0 Å². The number of carbonyl (C=O) groups excluding carboxylic acids is 4. The summed E-state index contributed by atoms with van der Waals surface area (Å²) in [5.41, 5.74) is 1.24. The van der Waals surface area contributed by atoms with Crippen molar-refractivity contribution >= 4 is 60.2 Å². The van der Waals surface area contributed by atoms with Crippen molar-refractivity contribution in [2.24, 2.45) is 40.4 Å². The first-order chi connectivity index (χ1) is 37.8. The second-order valence-corrected chi connectivity index (χ2v) is 23.2. The van der Waals surface area contributed by atoms with Gasteiger partial charge in [-0.25, -0.2) is 4.79 Å². The SMILES string of the molecule is COCCOC[C@H](CC1(C(=O)NC2CCC(C(=O)O)CC2)CCCC1)C(=O)O.COCCOC[C@H](CC1(C(=O)NC2CCC(C(=O)O)CC2)CCCC1)C(=O)Oc1ccc2c(c1)CCC2.C[C@H](CS)C(=O)N1CCC[C@H]1C(=O)O. The molecule has 79 heavy (non-hydrogen) atoms. The molecule has 0 unspecified atom stereocenters. The molecule has 0 radical (unpaired) electrons. The fourth-order valence-electron chi connectivity index (χ4n) is 12.4. The summed E-state index contributed by atoms with van der Waals surface area (Å²) in [5.74, 6) is -5.06. The maximum atomic E-state index is 13.6. The Bertz CT molecular complexity index is 2170. The number of nitrogens with one attached hydrogen (secondary N) is 2. The Morgan fingerprint density at radius 3 is 1.56 bits per heavy atom. The average molecular weight is 1130 g/mol. The van der Waals surface area contributed by atoms with Crippen molar-refractivity contribution < 1.29 is 82.5 Å². The number of benzene rings is 1. The Morgan fingerprint density at radius 1 is 0.620 bits per heavy atom. The molecule has 444 valence electrons. The van der Waals surface area contributed by atoms with Gasteiger partial charge in [0.2, 0.25) is 17.7 Å². The number of methoxy groups -OCH3 is 2. The first-order valence-corrected chi connectivity index (χ1v) is 29.4. The molecule has 0 aromatic heterocycles. The van der Waals surface area contributed by atoms with Gasteiger partial charge in [0.25, 0.3) is 0 Å². The van der Waals surface area contributed by atoms with Crippen LogP contribution in [0.15, 0.2) is 18.2 Å². The number of carboxylic acids is 4. The molecule has 0 spiro atoms. The Morgan fingerprint density at radius 2 is 1.10 bits per heavy atom. The number of fused-ring (bicyclic) bond motifs is 1. The van der Waals surface area contributed by atoms with Crippen molar-refractivity contribution in [3.63, 3.8) is 0 Å². The van der Waals surface area contributed by atoms with Gasteiger partial charge in [0.1, 0.15) is 11.8 Å². The molecule has 4 saturated carbocycles. The van der Waals surface area contributed by atoms with E-state index < -0.39 is 52.6 Å². The van der Waals surface area contributed by atoms with Gasteiger partial charge in [-0.1, -0.05) is 38.7 Å². The Hall–Kier alpha value is -4.83. The largest absolute Gasteiger partial charge is 0.481 e. The fraction of sp³-hybridized carbons (Fsp3) is 0.759. The number of carboxylic acid groups (broad SMARTS) is 4. The van der Waals surface area contributed by atoms with Gasteiger partial charge in [-0.2, -0.15) is 12.6 Å². The summed E-state index contributed by atoms with van der Waals surface area (Å²) >= 11 is 4.03. The number of hydrogen-bond donors (Lipinski definition) is 7. The lowest BCUT2D eigenvalue weighted by Gasteiger charge is -2.34. The minimum absolute atomic E-state index is 0.0176. The summed E-state index contributed by atoms with van der Waals surface area (Å²) < 4.78 is 27.0. The number of hydrogen-bond acceptors (Lipinski definition) is 14. The van der Waals surface area contributed by atoms with Crippen LogP contribution >= 0.6 is 12.6 Å². The molecule has 21 heteroatoms. The zero-order valence-electron chi connectivity index (χ0n) is 46.8. The predicted molar refractivity (Wildman–Crippen MR) is 294 cm³/mol. The first-order valence-electron chi connectivity index (χ1n) is 28.8. The number of likely N-dealkylation sites (tertiary alicyclic amines) is 1. The van der Waals surface area contributed by atoms with E-state index in [9.17, 15) is 48.6 Å². The summed E-state index contributed by atoms with van der Waals surface area (Å²) in [7, 11) is 3.16. The van der Waals surface area contributed by atoms with Crippen molar-refractivity contribution in [3.05, 3.63) is 29.3 Å². The van der Waals surface area contributed by atoms with E-state index >= 15 is 0 Å². The molecular formula is C58H89N3O17S. The van der Waals surface area contributed by atoms with Crippen LogP contribution in [0.1, 0.15) is 153 Å². The quantitative estimate of drug-likeness (QED) is 0.0218. The van der Waals surface area contributed by atoms with Gasteiger partial charge in [0.05, 0.1) is 74.1 Å². The van der Waals surface area contributed by atoms with E-state index in [4.69, 9.17) is 33.9 Å². The van der Waals surface area contributed by atoms with E-state index in [1.807, 2.05) is 18.2 Å². The number of nitrogens with zero attached hydrogens (tertiary/aromatic N) is 1. The van der Waals surface area contributed by atoms with Gasteiger partial charge in [0.15, 0.2) is 0 Å². The number of carbonyl (C=O) groups is 8. The molecule has 5 aliphatic carbocycles. The molecular weight excluding hydrogens is 1040 g/mol. The maximum Gasteiger partial charge on any atom is 0.326 e. The zero-order valence-corrected chi connectivity index (χ0v) is 47.7. The third-order valence-electron chi connectivity index (χ3n) is 17.2. The second kappa shape index (κ2) is 32.6. The number of amides is 3. The number of thiol groups is 1. The van der Waals surface area contributed by atoms with E-state index in [0.717, 1.165) is 64.2 Å². The number of aryl methyl sites for hydroxylation is 2. The lowest BCUT2D eigenvalue weighted by molar-refractivity contribution is -0.149. The molecule has 1 aromatic rings. The molecule has 6 aliphatic rings. The summed E-state index contributed by atoms with van der Waals surface area (Å²) in [6.07, 6.45) is 16.7. The molecule has 3 amide bonds.